The van der Waals surface area contributed by atoms with Gasteiger partial charge in [0, 0.05) is 12.7 Å². The number of hydrogen-bond acceptors (Lipinski definition) is 4. The number of pyridine rings is 1. The van der Waals surface area contributed by atoms with Gasteiger partial charge in [0.05, 0.1) is 23.5 Å². The third-order valence-electron chi connectivity index (χ3n) is 3.89. The van der Waals surface area contributed by atoms with Crippen molar-refractivity contribution in [2.75, 3.05) is 23.0 Å². The van der Waals surface area contributed by atoms with E-state index in [0.717, 1.165) is 28.0 Å². The van der Waals surface area contributed by atoms with Gasteiger partial charge < -0.3 is 10.0 Å². The maximum Gasteiger partial charge on any atom is 0.416 e. The molecule has 2 heterocycles. The summed E-state index contributed by atoms with van der Waals surface area (Å²) in [4.78, 5) is 31.1. The smallest absolute Gasteiger partial charge is 0.395 e. The van der Waals surface area contributed by atoms with Gasteiger partial charge in [0.1, 0.15) is 12.2 Å². The topological polar surface area (TPSA) is 73.7 Å². The number of halogens is 3. The first-order valence-corrected chi connectivity index (χ1v) is 7.69. The van der Waals surface area contributed by atoms with Crippen molar-refractivity contribution in [3.8, 4) is 0 Å². The molecule has 1 aliphatic heterocycles. The lowest BCUT2D eigenvalue weighted by Crippen LogP contribution is -2.34. The first kappa shape index (κ1) is 17.9. The number of carbonyl (C=O) groups excluding carboxylic acids is 2. The number of aliphatic hydroxyl groups is 1. The molecule has 3 rings (SSSR count). The fourth-order valence-corrected chi connectivity index (χ4v) is 2.76. The maximum atomic E-state index is 13.2. The van der Waals surface area contributed by atoms with Gasteiger partial charge in [-0.3, -0.25) is 14.5 Å². The van der Waals surface area contributed by atoms with Crippen LogP contribution >= 0.6 is 0 Å². The third-order valence-corrected chi connectivity index (χ3v) is 3.89. The quantitative estimate of drug-likeness (QED) is 0.849. The predicted molar refractivity (Wildman–Crippen MR) is 86.9 cm³/mol. The lowest BCUT2D eigenvalue weighted by Gasteiger charge is -2.25. The number of hydrogen-bond donors (Lipinski definition) is 1. The predicted octanol–water partition coefficient (Wildman–Crippen LogP) is 2.49. The molecule has 0 saturated carbocycles. The van der Waals surface area contributed by atoms with Crippen molar-refractivity contribution >= 4 is 29.0 Å². The Labute approximate surface area is 146 Å². The third kappa shape index (κ3) is 3.25. The van der Waals surface area contributed by atoms with E-state index >= 15 is 0 Å². The number of alkyl halides is 3. The van der Waals surface area contributed by atoms with Crippen molar-refractivity contribution in [3.63, 3.8) is 0 Å². The summed E-state index contributed by atoms with van der Waals surface area (Å²) in [7, 11) is 0. The van der Waals surface area contributed by atoms with E-state index in [1.54, 1.807) is 12.1 Å². The Morgan fingerprint density at radius 1 is 1.08 bits per heavy atom. The van der Waals surface area contributed by atoms with Gasteiger partial charge in [0.25, 0.3) is 0 Å². The second-order valence-corrected chi connectivity index (χ2v) is 5.56. The molecule has 1 N–H and O–H groups in total. The van der Waals surface area contributed by atoms with Crippen LogP contribution in [0.4, 0.5) is 30.4 Å². The molecule has 26 heavy (non-hydrogen) atoms. The van der Waals surface area contributed by atoms with Gasteiger partial charge in [-0.05, 0) is 30.3 Å². The Hall–Kier alpha value is -2.94. The maximum absolute atomic E-state index is 13.2. The van der Waals surface area contributed by atoms with Crippen molar-refractivity contribution < 1.29 is 27.9 Å². The van der Waals surface area contributed by atoms with E-state index < -0.39 is 36.6 Å². The van der Waals surface area contributed by atoms with E-state index in [1.165, 1.54) is 12.3 Å². The molecule has 9 heteroatoms. The van der Waals surface area contributed by atoms with Gasteiger partial charge in [-0.25, -0.2) is 4.98 Å². The number of anilines is 3. The lowest BCUT2D eigenvalue weighted by molar-refractivity contribution is -0.137. The van der Waals surface area contributed by atoms with Crippen molar-refractivity contribution in [1.29, 1.82) is 0 Å². The zero-order valence-electron chi connectivity index (χ0n) is 13.4. The number of rotatable bonds is 3. The Kier molecular flexibility index (Phi) is 4.64. The normalized spacial score (nSPS) is 15.1. The highest BCUT2D eigenvalue weighted by Crippen LogP contribution is 2.41. The summed E-state index contributed by atoms with van der Waals surface area (Å²) in [6.07, 6.45) is -3.77. The molecular weight excluding hydrogens is 351 g/mol. The summed E-state index contributed by atoms with van der Waals surface area (Å²) < 4.78 is 39.5. The van der Waals surface area contributed by atoms with Crippen LogP contribution in [0.2, 0.25) is 0 Å². The summed E-state index contributed by atoms with van der Waals surface area (Å²) in [6, 6.07) is 7.42. The van der Waals surface area contributed by atoms with Crippen LogP contribution in [0, 0.1) is 0 Å². The summed E-state index contributed by atoms with van der Waals surface area (Å²) in [5.41, 5.74) is -0.959. The number of β-amino-alcohol motifs (C(OH)–C–C–N with tert-alkyl or cyclic N) is 1. The first-order valence-electron chi connectivity index (χ1n) is 7.69. The van der Waals surface area contributed by atoms with Crippen molar-refractivity contribution in [2.45, 2.75) is 12.6 Å². The van der Waals surface area contributed by atoms with Gasteiger partial charge in [0.2, 0.25) is 11.8 Å². The van der Waals surface area contributed by atoms with Crippen LogP contribution in [0.5, 0.6) is 0 Å². The van der Waals surface area contributed by atoms with Crippen LogP contribution in [0.1, 0.15) is 12.0 Å². The molecule has 0 radical (unpaired) electrons. The molecule has 136 valence electrons. The monoisotopic (exact) mass is 365 g/mol. The number of carbonyl (C=O) groups is 2. The molecule has 2 aromatic rings. The van der Waals surface area contributed by atoms with E-state index in [2.05, 4.69) is 4.98 Å². The van der Waals surface area contributed by atoms with Gasteiger partial charge >= 0.3 is 6.18 Å². The van der Waals surface area contributed by atoms with Gasteiger partial charge in [-0.15, -0.1) is 0 Å². The van der Waals surface area contributed by atoms with Crippen LogP contribution in [0.3, 0.4) is 0 Å². The average Bonchev–Trinajstić information content (AvgIpc) is 2.69. The fraction of sp³-hybridized carbons (Fsp3) is 0.235. The molecule has 0 fully saturated rings. The van der Waals surface area contributed by atoms with Crippen LogP contribution < -0.4 is 9.80 Å². The first-order chi connectivity index (χ1) is 12.3. The Morgan fingerprint density at radius 2 is 1.85 bits per heavy atom. The van der Waals surface area contributed by atoms with Gasteiger partial charge in [-0.1, -0.05) is 6.07 Å². The molecule has 1 aliphatic rings. The number of aliphatic hydroxyl groups excluding tert-OH is 1. The molecule has 0 atom stereocenters. The van der Waals surface area contributed by atoms with E-state index in [1.807, 2.05) is 0 Å². The lowest BCUT2D eigenvalue weighted by atomic mass is 10.1. The molecule has 0 saturated heterocycles. The zero-order chi connectivity index (χ0) is 18.9. The number of benzene rings is 1. The van der Waals surface area contributed by atoms with Crippen molar-refractivity contribution in [1.82, 2.24) is 4.98 Å². The molecule has 6 nitrogen and oxygen atoms in total. The molecule has 0 aliphatic carbocycles. The summed E-state index contributed by atoms with van der Waals surface area (Å²) in [5, 5.41) is 9.20. The molecule has 2 amide bonds. The highest BCUT2D eigenvalue weighted by atomic mass is 19.4. The minimum absolute atomic E-state index is 0.105. The number of fused-ring (bicyclic) bond motifs is 1. The van der Waals surface area contributed by atoms with Gasteiger partial charge in [-0.2, -0.15) is 13.2 Å². The minimum atomic E-state index is -4.62. The second-order valence-electron chi connectivity index (χ2n) is 5.56. The number of amides is 2. The standard InChI is InChI=1S/C17H14F3N3O3/c18-17(19,20)11-4-5-12-13(9-11)23(14-3-1-2-6-21-14)16(26)10-15(25)22(12)7-8-24/h1-6,9,24H,7-8,10H2. The molecule has 0 bridgehead atoms. The van der Waals surface area contributed by atoms with Crippen LogP contribution in [-0.2, 0) is 15.8 Å². The second kappa shape index (κ2) is 6.75. The van der Waals surface area contributed by atoms with Crippen molar-refractivity contribution in [3.05, 3.63) is 48.2 Å². The highest BCUT2D eigenvalue weighted by molar-refractivity contribution is 6.17. The number of nitrogens with zero attached hydrogens (tertiary/aromatic N) is 3. The van der Waals surface area contributed by atoms with Crippen LogP contribution in [0.25, 0.3) is 0 Å². The fourth-order valence-electron chi connectivity index (χ4n) is 2.76. The summed E-state index contributed by atoms with van der Waals surface area (Å²) in [5.74, 6) is -1.20. The Balaban J connectivity index is 2.25. The van der Waals surface area contributed by atoms with E-state index in [0.29, 0.717) is 0 Å². The van der Waals surface area contributed by atoms with Crippen molar-refractivity contribution in [2.24, 2.45) is 0 Å². The molecular formula is C17H14F3N3O3. The summed E-state index contributed by atoms with van der Waals surface area (Å²) in [6.45, 7) is -0.537. The molecule has 0 spiro atoms. The Morgan fingerprint density at radius 3 is 2.46 bits per heavy atom. The minimum Gasteiger partial charge on any atom is -0.395 e. The van der Waals surface area contributed by atoms with Crippen LogP contribution in [-0.4, -0.2) is 35.1 Å². The van der Waals surface area contributed by atoms with Gasteiger partial charge in [0.15, 0.2) is 0 Å². The summed E-state index contributed by atoms with van der Waals surface area (Å²) >= 11 is 0. The SMILES string of the molecule is O=C1CC(=O)N(c2ccccn2)c2cc(C(F)(F)F)ccc2N1CCO. The molecule has 1 aromatic heterocycles. The van der Waals surface area contributed by atoms with Crippen LogP contribution in [0.15, 0.2) is 42.6 Å². The van der Waals surface area contributed by atoms with E-state index in [4.69, 9.17) is 0 Å². The van der Waals surface area contributed by atoms with E-state index in [-0.39, 0.29) is 23.7 Å². The molecule has 0 unspecified atom stereocenters. The molecule has 1 aromatic carbocycles. The zero-order valence-corrected chi connectivity index (χ0v) is 13.4. The van der Waals surface area contributed by atoms with E-state index in [9.17, 15) is 27.9 Å². The Bertz CT molecular complexity index is 840. The average molecular weight is 365 g/mol. The largest absolute Gasteiger partial charge is 0.416 e. The number of aromatic nitrogens is 1. The highest BCUT2D eigenvalue weighted by Gasteiger charge is 2.37.